The second-order valence-corrected chi connectivity index (χ2v) is 10.3. The summed E-state index contributed by atoms with van der Waals surface area (Å²) in [6.07, 6.45) is 1.12. The largest absolute Gasteiger partial charge is 0.496 e. The van der Waals surface area contributed by atoms with Crippen LogP contribution in [0.2, 0.25) is 0 Å². The first-order chi connectivity index (χ1) is 20.5. The highest BCUT2D eigenvalue weighted by atomic mass is 16.5. The van der Waals surface area contributed by atoms with Gasteiger partial charge in [0.1, 0.15) is 5.75 Å². The topological polar surface area (TPSA) is 87.1 Å². The zero-order valence-corrected chi connectivity index (χ0v) is 23.7. The lowest BCUT2D eigenvalue weighted by Gasteiger charge is -2.30. The fourth-order valence-electron chi connectivity index (χ4n) is 5.53. The Labute approximate surface area is 246 Å². The minimum atomic E-state index is -0.975. The van der Waals surface area contributed by atoms with Gasteiger partial charge in [0, 0.05) is 37.3 Å². The molecule has 214 valence electrons. The van der Waals surface area contributed by atoms with E-state index in [9.17, 15) is 19.5 Å². The molecule has 0 bridgehead atoms. The van der Waals surface area contributed by atoms with E-state index in [2.05, 4.69) is 12.1 Å². The van der Waals surface area contributed by atoms with Gasteiger partial charge in [0.2, 0.25) is 0 Å². The average molecular weight is 563 g/mol. The maximum atomic E-state index is 14.1. The summed E-state index contributed by atoms with van der Waals surface area (Å²) in [6.45, 7) is 1.53. The predicted octanol–water partition coefficient (Wildman–Crippen LogP) is 5.72. The number of hydrogen-bond donors (Lipinski definition) is 1. The Bertz CT molecular complexity index is 1600. The molecule has 0 saturated carbocycles. The first-order valence-electron chi connectivity index (χ1n) is 14.1. The molecule has 0 fully saturated rings. The summed E-state index contributed by atoms with van der Waals surface area (Å²) >= 11 is 0. The molecule has 0 aliphatic carbocycles. The molecule has 4 aromatic rings. The van der Waals surface area contributed by atoms with Crippen LogP contribution in [0.15, 0.2) is 97.1 Å². The number of carbonyl (C=O) groups excluding carboxylic acids is 2. The van der Waals surface area contributed by atoms with Gasteiger partial charge in [0.05, 0.1) is 13.5 Å². The van der Waals surface area contributed by atoms with Crippen molar-refractivity contribution in [2.75, 3.05) is 26.7 Å². The van der Waals surface area contributed by atoms with Gasteiger partial charge in [-0.1, -0.05) is 78.9 Å². The minimum Gasteiger partial charge on any atom is -0.496 e. The summed E-state index contributed by atoms with van der Waals surface area (Å²) in [6, 6.07) is 30.4. The van der Waals surface area contributed by atoms with Gasteiger partial charge < -0.3 is 19.6 Å². The van der Waals surface area contributed by atoms with E-state index in [0.29, 0.717) is 48.3 Å². The maximum Gasteiger partial charge on any atom is 0.305 e. The molecule has 2 amide bonds. The van der Waals surface area contributed by atoms with Crippen LogP contribution < -0.4 is 4.74 Å². The van der Waals surface area contributed by atoms with Crippen LogP contribution in [0.5, 0.6) is 5.75 Å². The maximum absolute atomic E-state index is 14.1. The van der Waals surface area contributed by atoms with Crippen LogP contribution in [-0.2, 0) is 24.2 Å². The van der Waals surface area contributed by atoms with Crippen molar-refractivity contribution in [2.24, 2.45) is 0 Å². The molecular formula is C35H34N2O5. The lowest BCUT2D eigenvalue weighted by Crippen LogP contribution is -2.36. The van der Waals surface area contributed by atoms with Crippen molar-refractivity contribution in [3.63, 3.8) is 0 Å². The van der Waals surface area contributed by atoms with Gasteiger partial charge in [-0.25, -0.2) is 0 Å². The second kappa shape index (κ2) is 13.2. The number of para-hydroxylation sites is 1. The number of hydrogen-bond acceptors (Lipinski definition) is 4. The molecule has 1 aliphatic rings. The summed E-state index contributed by atoms with van der Waals surface area (Å²) in [5.74, 6) is -0.620. The molecule has 1 heterocycles. The van der Waals surface area contributed by atoms with Gasteiger partial charge in [-0.3, -0.25) is 14.4 Å². The predicted molar refractivity (Wildman–Crippen MR) is 162 cm³/mol. The van der Waals surface area contributed by atoms with E-state index in [1.54, 1.807) is 24.1 Å². The van der Waals surface area contributed by atoms with E-state index in [1.165, 1.54) is 5.56 Å². The fourth-order valence-corrected chi connectivity index (χ4v) is 5.53. The molecule has 42 heavy (non-hydrogen) atoms. The van der Waals surface area contributed by atoms with Gasteiger partial charge in [-0.05, 0) is 58.9 Å². The molecule has 7 heteroatoms. The number of amides is 2. The van der Waals surface area contributed by atoms with Crippen LogP contribution in [0.25, 0.3) is 11.1 Å². The first-order valence-corrected chi connectivity index (χ1v) is 14.1. The first kappa shape index (κ1) is 28.6. The molecule has 0 atom stereocenters. The number of benzene rings is 4. The molecule has 1 N–H and O–H groups in total. The van der Waals surface area contributed by atoms with E-state index >= 15 is 0 Å². The standard InChI is InChI=1S/C35H34N2O5/c1-42-32-17-9-4-11-26(32)19-21-36(23-20-33(38)39)34(40)30-15-7-5-13-28(30)29-14-6-8-16-31(29)35(41)37-22-18-25-10-2-3-12-27(25)24-37/h2-17H,18-24H2,1H3,(H,38,39). The molecule has 0 unspecified atom stereocenters. The number of nitrogens with zero attached hydrogens (tertiary/aromatic N) is 2. The number of carbonyl (C=O) groups is 3. The smallest absolute Gasteiger partial charge is 0.305 e. The number of methoxy groups -OCH3 is 1. The molecule has 0 radical (unpaired) electrons. The van der Waals surface area contributed by atoms with Crippen LogP contribution in [0.3, 0.4) is 0 Å². The SMILES string of the molecule is COc1ccccc1CCN(CCC(=O)O)C(=O)c1ccccc1-c1ccccc1C(=O)N1CCc2ccccc2C1. The summed E-state index contributed by atoms with van der Waals surface area (Å²) in [7, 11) is 1.60. The zero-order valence-electron chi connectivity index (χ0n) is 23.7. The van der Waals surface area contributed by atoms with Gasteiger partial charge in [-0.2, -0.15) is 0 Å². The summed E-state index contributed by atoms with van der Waals surface area (Å²) < 4.78 is 5.47. The molecule has 1 aliphatic heterocycles. The molecule has 0 spiro atoms. The van der Waals surface area contributed by atoms with E-state index in [0.717, 1.165) is 23.3 Å². The van der Waals surface area contributed by atoms with Crippen LogP contribution in [0.4, 0.5) is 0 Å². The zero-order chi connectivity index (χ0) is 29.5. The molecule has 7 nitrogen and oxygen atoms in total. The van der Waals surface area contributed by atoms with Crippen molar-refractivity contribution in [3.05, 3.63) is 125 Å². The van der Waals surface area contributed by atoms with Crippen LogP contribution in [0, 0.1) is 0 Å². The monoisotopic (exact) mass is 562 g/mol. The summed E-state index contributed by atoms with van der Waals surface area (Å²) in [4.78, 5) is 42.8. The molecule has 0 saturated heterocycles. The molecule has 5 rings (SSSR count). The fraction of sp³-hybridized carbons (Fsp3) is 0.229. The van der Waals surface area contributed by atoms with E-state index < -0.39 is 5.97 Å². The Morgan fingerprint density at radius 1 is 0.786 bits per heavy atom. The van der Waals surface area contributed by atoms with Crippen molar-refractivity contribution in [1.82, 2.24) is 9.80 Å². The summed E-state index contributed by atoms with van der Waals surface area (Å²) in [5.41, 5.74) is 5.61. The minimum absolute atomic E-state index is 0.0609. The highest BCUT2D eigenvalue weighted by Gasteiger charge is 2.26. The van der Waals surface area contributed by atoms with Crippen molar-refractivity contribution >= 4 is 17.8 Å². The van der Waals surface area contributed by atoms with Gasteiger partial charge in [-0.15, -0.1) is 0 Å². The Morgan fingerprint density at radius 3 is 2.14 bits per heavy atom. The Balaban J connectivity index is 1.44. The lowest BCUT2D eigenvalue weighted by atomic mass is 9.93. The van der Waals surface area contributed by atoms with Crippen molar-refractivity contribution < 1.29 is 24.2 Å². The third-order valence-corrected chi connectivity index (χ3v) is 7.75. The molecule has 0 aromatic heterocycles. The number of rotatable bonds is 10. The normalized spacial score (nSPS) is 12.4. The summed E-state index contributed by atoms with van der Waals surface area (Å²) in [5, 5.41) is 9.40. The van der Waals surface area contributed by atoms with E-state index in [-0.39, 0.29) is 24.8 Å². The highest BCUT2D eigenvalue weighted by molar-refractivity contribution is 6.06. The van der Waals surface area contributed by atoms with E-state index in [1.807, 2.05) is 77.7 Å². The van der Waals surface area contributed by atoms with Gasteiger partial charge in [0.15, 0.2) is 0 Å². The number of ether oxygens (including phenoxy) is 1. The van der Waals surface area contributed by atoms with Crippen molar-refractivity contribution in [3.8, 4) is 16.9 Å². The Morgan fingerprint density at radius 2 is 1.40 bits per heavy atom. The van der Waals surface area contributed by atoms with Crippen LogP contribution in [-0.4, -0.2) is 59.4 Å². The second-order valence-electron chi connectivity index (χ2n) is 10.3. The Hall–Kier alpha value is -4.91. The number of carboxylic acids is 1. The average Bonchev–Trinajstić information content (AvgIpc) is 3.04. The van der Waals surface area contributed by atoms with Crippen molar-refractivity contribution in [1.29, 1.82) is 0 Å². The quantitative estimate of drug-likeness (QED) is 0.267. The van der Waals surface area contributed by atoms with E-state index in [4.69, 9.17) is 4.74 Å². The molecule has 4 aromatic carbocycles. The van der Waals surface area contributed by atoms with Crippen LogP contribution >= 0.6 is 0 Å². The third kappa shape index (κ3) is 6.36. The number of aliphatic carboxylic acids is 1. The third-order valence-electron chi connectivity index (χ3n) is 7.75. The van der Waals surface area contributed by atoms with Crippen molar-refractivity contribution in [2.45, 2.75) is 25.8 Å². The Kier molecular flexibility index (Phi) is 8.97. The lowest BCUT2D eigenvalue weighted by molar-refractivity contribution is -0.137. The van der Waals surface area contributed by atoms with Crippen LogP contribution in [0.1, 0.15) is 43.8 Å². The van der Waals surface area contributed by atoms with Gasteiger partial charge >= 0.3 is 5.97 Å². The van der Waals surface area contributed by atoms with Gasteiger partial charge in [0.25, 0.3) is 11.8 Å². The molecular weight excluding hydrogens is 528 g/mol. The number of fused-ring (bicyclic) bond motifs is 1. The highest BCUT2D eigenvalue weighted by Crippen LogP contribution is 2.31. The number of carboxylic acid groups (broad SMARTS) is 1.